The Balaban J connectivity index is 1.81. The maximum absolute atomic E-state index is 17.4. The van der Waals surface area contributed by atoms with Crippen molar-refractivity contribution in [3.8, 4) is 12.1 Å². The average molecular weight is 653 g/mol. The van der Waals surface area contributed by atoms with Crippen LogP contribution in [0.5, 0.6) is 0 Å². The Morgan fingerprint density at radius 1 is 0.447 bits per heavy atom. The average Bonchev–Trinajstić information content (AvgIpc) is 3.14. The lowest BCUT2D eigenvalue weighted by molar-refractivity contribution is 0.598. The van der Waals surface area contributed by atoms with Crippen LogP contribution in [0.25, 0.3) is 0 Å². The SMILES string of the molecule is CP(=Nc1c(F)c(N=P(c2ccccc2)(c2ccccc2)c2ccccc2)c(C#N)c(F)c1C#N)(c1ccccc1)c1ccccc1. The van der Waals surface area contributed by atoms with Gasteiger partial charge in [0.1, 0.15) is 34.6 Å². The van der Waals surface area contributed by atoms with Gasteiger partial charge in [0.05, 0.1) is 7.05 Å². The van der Waals surface area contributed by atoms with E-state index in [2.05, 4.69) is 0 Å². The Labute approximate surface area is 273 Å². The summed E-state index contributed by atoms with van der Waals surface area (Å²) in [6.07, 6.45) is 0. The minimum Gasteiger partial charge on any atom is -0.254 e. The molecule has 0 spiro atoms. The fourth-order valence-corrected chi connectivity index (χ4v) is 11.8. The van der Waals surface area contributed by atoms with E-state index in [0.29, 0.717) is 0 Å². The first kappa shape index (κ1) is 31.6. The molecule has 6 aromatic rings. The summed E-state index contributed by atoms with van der Waals surface area (Å²) in [6.45, 7) is 1.90. The van der Waals surface area contributed by atoms with E-state index < -0.39 is 48.2 Å². The van der Waals surface area contributed by atoms with E-state index in [9.17, 15) is 10.5 Å². The van der Waals surface area contributed by atoms with Crippen molar-refractivity contribution in [3.05, 3.63) is 174 Å². The molecular weight excluding hydrogens is 624 g/mol. The van der Waals surface area contributed by atoms with E-state index in [0.717, 1.165) is 26.5 Å². The summed E-state index contributed by atoms with van der Waals surface area (Å²) in [5.74, 6) is -2.15. The highest BCUT2D eigenvalue weighted by atomic mass is 31.2. The first-order valence-electron chi connectivity index (χ1n) is 14.8. The summed E-state index contributed by atoms with van der Waals surface area (Å²) in [5.41, 5.74) is -2.16. The molecule has 0 amide bonds. The van der Waals surface area contributed by atoms with Crippen LogP contribution in [0.4, 0.5) is 20.2 Å². The lowest BCUT2D eigenvalue weighted by atomic mass is 10.1. The number of halogens is 2. The zero-order chi connectivity index (χ0) is 32.9. The van der Waals surface area contributed by atoms with E-state index in [-0.39, 0.29) is 0 Å². The standard InChI is InChI=1S/C39H28F2N4P2/c1-46(29-17-7-2-8-18-29,30-19-9-3-10-20-30)44-38-34(27-42)36(40)35(28-43)39(37(38)41)45-47(31-21-11-4-12-22-31,32-23-13-5-14-24-32)33-25-15-6-16-26-33/h2-26H,1H3. The maximum atomic E-state index is 17.4. The topological polar surface area (TPSA) is 72.3 Å². The Kier molecular flexibility index (Phi) is 9.10. The Hall–Kier alpha value is -5.38. The van der Waals surface area contributed by atoms with Crippen molar-refractivity contribution < 1.29 is 8.78 Å². The van der Waals surface area contributed by atoms with Crippen LogP contribution in [0, 0.1) is 34.3 Å². The first-order chi connectivity index (χ1) is 22.9. The molecule has 4 nitrogen and oxygen atoms in total. The molecule has 0 radical (unpaired) electrons. The van der Waals surface area contributed by atoms with Gasteiger partial charge < -0.3 is 0 Å². The highest BCUT2D eigenvalue weighted by molar-refractivity contribution is 7.87. The fourth-order valence-electron chi connectivity index (χ4n) is 5.66. The van der Waals surface area contributed by atoms with Crippen LogP contribution in [0.15, 0.2) is 161 Å². The largest absolute Gasteiger partial charge is 0.254 e. The van der Waals surface area contributed by atoms with Gasteiger partial charge in [-0.25, -0.2) is 13.5 Å². The molecule has 0 unspecified atom stereocenters. The van der Waals surface area contributed by atoms with Crippen LogP contribution in [0.2, 0.25) is 0 Å². The number of hydrogen-bond acceptors (Lipinski definition) is 4. The Morgan fingerprint density at radius 2 is 0.745 bits per heavy atom. The van der Waals surface area contributed by atoms with E-state index >= 15 is 8.78 Å². The molecule has 0 aliphatic carbocycles. The third kappa shape index (κ3) is 5.75. The second-order valence-corrected chi connectivity index (χ2v) is 16.9. The van der Waals surface area contributed by atoms with Gasteiger partial charge in [-0.1, -0.05) is 152 Å². The number of hydrogen-bond donors (Lipinski definition) is 0. The van der Waals surface area contributed by atoms with E-state index in [1.54, 1.807) is 0 Å². The first-order valence-corrected chi connectivity index (χ1v) is 18.7. The molecule has 0 heterocycles. The van der Waals surface area contributed by atoms with Crippen LogP contribution in [-0.2, 0) is 0 Å². The fraction of sp³-hybridized carbons (Fsp3) is 0.0256. The van der Waals surface area contributed by atoms with E-state index in [1.165, 1.54) is 0 Å². The van der Waals surface area contributed by atoms with Crippen LogP contribution >= 0.6 is 14.1 Å². The second kappa shape index (κ2) is 13.5. The van der Waals surface area contributed by atoms with Crippen molar-refractivity contribution >= 4 is 52.0 Å². The monoisotopic (exact) mass is 652 g/mol. The van der Waals surface area contributed by atoms with Gasteiger partial charge in [-0.3, -0.25) is 4.74 Å². The Bertz CT molecular complexity index is 2100. The zero-order valence-electron chi connectivity index (χ0n) is 25.4. The zero-order valence-corrected chi connectivity index (χ0v) is 27.2. The van der Waals surface area contributed by atoms with Gasteiger partial charge in [-0.2, -0.15) is 10.5 Å². The molecule has 0 N–H and O–H groups in total. The number of nitrogens with zero attached hydrogens (tertiary/aromatic N) is 4. The molecule has 8 heteroatoms. The molecular formula is C39H28F2N4P2. The molecule has 0 atom stereocenters. The molecule has 0 fully saturated rings. The Morgan fingerprint density at radius 3 is 1.06 bits per heavy atom. The lowest BCUT2D eigenvalue weighted by Gasteiger charge is -2.27. The van der Waals surface area contributed by atoms with Crippen molar-refractivity contribution in [3.63, 3.8) is 0 Å². The molecule has 6 rings (SSSR count). The van der Waals surface area contributed by atoms with E-state index in [4.69, 9.17) is 9.49 Å². The van der Waals surface area contributed by atoms with Gasteiger partial charge in [-0.15, -0.1) is 0 Å². The van der Waals surface area contributed by atoms with Crippen molar-refractivity contribution in [2.45, 2.75) is 0 Å². The number of rotatable bonds is 7. The summed E-state index contributed by atoms with van der Waals surface area (Å²) in [5, 5.41) is 24.5. The van der Waals surface area contributed by atoms with Gasteiger partial charge in [0.2, 0.25) is 0 Å². The summed E-state index contributed by atoms with van der Waals surface area (Å²) in [6, 6.07) is 50.9. The van der Waals surface area contributed by atoms with Crippen LogP contribution in [0.3, 0.4) is 0 Å². The third-order valence-corrected chi connectivity index (χ3v) is 14.9. The van der Waals surface area contributed by atoms with E-state index in [1.807, 2.05) is 170 Å². The normalized spacial score (nSPS) is 11.3. The van der Waals surface area contributed by atoms with Crippen molar-refractivity contribution in [1.29, 1.82) is 10.5 Å². The van der Waals surface area contributed by atoms with Gasteiger partial charge in [0.25, 0.3) is 0 Å². The molecule has 228 valence electrons. The van der Waals surface area contributed by atoms with Gasteiger partial charge in [-0.05, 0) is 17.3 Å². The minimum atomic E-state index is -3.12. The summed E-state index contributed by atoms with van der Waals surface area (Å²) >= 11 is 0. The summed E-state index contributed by atoms with van der Waals surface area (Å²) in [7, 11) is -5.92. The molecule has 0 saturated carbocycles. The minimum absolute atomic E-state index is 0.446. The molecule has 0 bridgehead atoms. The summed E-state index contributed by atoms with van der Waals surface area (Å²) < 4.78 is 43.9. The van der Waals surface area contributed by atoms with Crippen LogP contribution < -0.4 is 26.5 Å². The molecule has 0 aliphatic rings. The van der Waals surface area contributed by atoms with Gasteiger partial charge in [0, 0.05) is 23.0 Å². The predicted octanol–water partition coefficient (Wildman–Crippen LogP) is 8.63. The molecule has 0 saturated heterocycles. The quantitative estimate of drug-likeness (QED) is 0.162. The number of nitriles is 2. The van der Waals surface area contributed by atoms with Crippen LogP contribution in [-0.4, -0.2) is 6.66 Å². The molecule has 0 aromatic heterocycles. The van der Waals surface area contributed by atoms with Crippen LogP contribution in [0.1, 0.15) is 11.1 Å². The predicted molar refractivity (Wildman–Crippen MR) is 190 cm³/mol. The maximum Gasteiger partial charge on any atom is 0.177 e. The highest BCUT2D eigenvalue weighted by Gasteiger charge is 2.32. The molecule has 47 heavy (non-hydrogen) atoms. The van der Waals surface area contributed by atoms with Gasteiger partial charge >= 0.3 is 0 Å². The second-order valence-electron chi connectivity index (χ2n) is 10.8. The van der Waals surface area contributed by atoms with Crippen molar-refractivity contribution in [1.82, 2.24) is 0 Å². The molecule has 0 aliphatic heterocycles. The summed E-state index contributed by atoms with van der Waals surface area (Å²) in [4.78, 5) is 0. The smallest absolute Gasteiger partial charge is 0.177 e. The van der Waals surface area contributed by atoms with Crippen molar-refractivity contribution in [2.75, 3.05) is 6.66 Å². The number of benzene rings is 6. The molecule has 6 aromatic carbocycles. The lowest BCUT2D eigenvalue weighted by Crippen LogP contribution is -2.25. The third-order valence-electron chi connectivity index (χ3n) is 8.01. The van der Waals surface area contributed by atoms with Crippen molar-refractivity contribution in [2.24, 2.45) is 9.49 Å². The highest BCUT2D eigenvalue weighted by Crippen LogP contribution is 2.54. The van der Waals surface area contributed by atoms with Gasteiger partial charge in [0.15, 0.2) is 11.6 Å².